The fourth-order valence-electron chi connectivity index (χ4n) is 1.14. The molecule has 0 aromatic heterocycles. The summed E-state index contributed by atoms with van der Waals surface area (Å²) in [4.78, 5) is 8.16. The van der Waals surface area contributed by atoms with Gasteiger partial charge in [-0.05, 0) is 23.8 Å². The third-order valence-corrected chi connectivity index (χ3v) is 3.50. The standard InChI is InChI=1S/C10H5F3N2O4S/c11-10(12,13)20(18,19)9(6-14)5-7-1-3-8(4-2-7)15(16)17/h1-5H/b9-5+. The molecule has 0 N–H and O–H groups in total. The minimum atomic E-state index is -5.75. The van der Waals surface area contributed by atoms with E-state index in [-0.39, 0.29) is 11.3 Å². The summed E-state index contributed by atoms with van der Waals surface area (Å²) in [7, 11) is -5.75. The van der Waals surface area contributed by atoms with Crippen molar-refractivity contribution in [3.63, 3.8) is 0 Å². The van der Waals surface area contributed by atoms with Gasteiger partial charge in [0.25, 0.3) is 15.5 Å². The van der Waals surface area contributed by atoms with E-state index in [1.807, 2.05) is 0 Å². The van der Waals surface area contributed by atoms with Crippen molar-refractivity contribution in [1.82, 2.24) is 0 Å². The normalized spacial score (nSPS) is 12.8. The second-order valence-electron chi connectivity index (χ2n) is 3.42. The van der Waals surface area contributed by atoms with Gasteiger partial charge in [-0.25, -0.2) is 8.42 Å². The Morgan fingerprint density at radius 2 is 1.80 bits per heavy atom. The van der Waals surface area contributed by atoms with E-state index in [4.69, 9.17) is 5.26 Å². The summed E-state index contributed by atoms with van der Waals surface area (Å²) in [5.41, 5.74) is -5.99. The number of nitriles is 1. The van der Waals surface area contributed by atoms with Crippen LogP contribution in [0.25, 0.3) is 6.08 Å². The maximum absolute atomic E-state index is 12.3. The van der Waals surface area contributed by atoms with Crippen molar-refractivity contribution in [3.05, 3.63) is 44.8 Å². The van der Waals surface area contributed by atoms with Gasteiger partial charge >= 0.3 is 5.51 Å². The van der Waals surface area contributed by atoms with Gasteiger partial charge in [-0.3, -0.25) is 10.1 Å². The Morgan fingerprint density at radius 1 is 1.30 bits per heavy atom. The van der Waals surface area contributed by atoms with E-state index in [0.29, 0.717) is 6.08 Å². The zero-order chi connectivity index (χ0) is 15.6. The van der Waals surface area contributed by atoms with Crippen molar-refractivity contribution in [3.8, 4) is 6.07 Å². The monoisotopic (exact) mass is 306 g/mol. The fourth-order valence-corrected chi connectivity index (χ4v) is 1.80. The van der Waals surface area contributed by atoms with Gasteiger partial charge in [0.15, 0.2) is 4.91 Å². The minimum absolute atomic E-state index is 0.0834. The minimum Gasteiger partial charge on any atom is -0.258 e. The molecule has 0 spiro atoms. The Hall–Kier alpha value is -2.41. The quantitative estimate of drug-likeness (QED) is 0.485. The number of rotatable bonds is 3. The second kappa shape index (κ2) is 5.30. The van der Waals surface area contributed by atoms with Gasteiger partial charge in [-0.2, -0.15) is 18.4 Å². The molecule has 1 rings (SSSR count). The first-order chi connectivity index (χ1) is 9.09. The van der Waals surface area contributed by atoms with Crippen LogP contribution in [0.1, 0.15) is 5.56 Å². The molecule has 10 heteroatoms. The summed E-state index contributed by atoms with van der Waals surface area (Å²) in [6.45, 7) is 0. The lowest BCUT2D eigenvalue weighted by molar-refractivity contribution is -0.384. The predicted molar refractivity (Wildman–Crippen MR) is 61.7 cm³/mol. The first-order valence-electron chi connectivity index (χ1n) is 4.77. The molecular formula is C10H5F3N2O4S. The van der Waals surface area contributed by atoms with Gasteiger partial charge in [0.2, 0.25) is 0 Å². The Labute approximate surface area is 110 Å². The molecule has 0 bridgehead atoms. The summed E-state index contributed by atoms with van der Waals surface area (Å²) >= 11 is 0. The molecule has 0 radical (unpaired) electrons. The van der Waals surface area contributed by atoms with E-state index in [1.54, 1.807) is 0 Å². The largest absolute Gasteiger partial charge is 0.502 e. The van der Waals surface area contributed by atoms with Crippen molar-refractivity contribution in [2.45, 2.75) is 5.51 Å². The Morgan fingerprint density at radius 3 is 2.15 bits per heavy atom. The molecule has 0 saturated heterocycles. The topological polar surface area (TPSA) is 101 Å². The van der Waals surface area contributed by atoms with Crippen LogP contribution < -0.4 is 0 Å². The van der Waals surface area contributed by atoms with Crippen molar-refractivity contribution < 1.29 is 26.5 Å². The van der Waals surface area contributed by atoms with E-state index in [1.165, 1.54) is 0 Å². The molecule has 0 aliphatic rings. The highest BCUT2D eigenvalue weighted by Gasteiger charge is 2.48. The number of benzene rings is 1. The number of alkyl halides is 3. The highest BCUT2D eigenvalue weighted by molar-refractivity contribution is 7.96. The summed E-state index contributed by atoms with van der Waals surface area (Å²) in [6, 6.07) is 4.96. The fraction of sp³-hybridized carbons (Fsp3) is 0.100. The highest BCUT2D eigenvalue weighted by atomic mass is 32.2. The van der Waals surface area contributed by atoms with Crippen LogP contribution in [0.15, 0.2) is 29.2 Å². The molecule has 0 unspecified atom stereocenters. The van der Waals surface area contributed by atoms with Gasteiger partial charge < -0.3 is 0 Å². The number of halogens is 3. The Balaban J connectivity index is 3.27. The number of nitrogens with zero attached hydrogens (tertiary/aromatic N) is 2. The Bertz CT molecular complexity index is 700. The number of allylic oxidation sites excluding steroid dienone is 1. The molecule has 0 fully saturated rings. The van der Waals surface area contributed by atoms with Crippen LogP contribution in [0.4, 0.5) is 18.9 Å². The van der Waals surface area contributed by atoms with Crippen LogP contribution in [0, 0.1) is 21.4 Å². The summed E-state index contributed by atoms with van der Waals surface area (Å²) in [5.74, 6) is 0. The summed E-state index contributed by atoms with van der Waals surface area (Å²) < 4.78 is 58.9. The average molecular weight is 306 g/mol. The first-order valence-corrected chi connectivity index (χ1v) is 6.25. The lowest BCUT2D eigenvalue weighted by Gasteiger charge is -2.06. The van der Waals surface area contributed by atoms with E-state index in [0.717, 1.165) is 30.3 Å². The molecule has 1 aromatic carbocycles. The zero-order valence-electron chi connectivity index (χ0n) is 9.46. The molecule has 0 aliphatic heterocycles. The molecule has 0 heterocycles. The number of nitro groups is 1. The number of sulfone groups is 1. The maximum atomic E-state index is 12.3. The maximum Gasteiger partial charge on any atom is 0.502 e. The lowest BCUT2D eigenvalue weighted by Crippen LogP contribution is -2.24. The number of nitro benzene ring substituents is 1. The van der Waals surface area contributed by atoms with Crippen LogP contribution >= 0.6 is 0 Å². The van der Waals surface area contributed by atoms with Crippen LogP contribution in [-0.2, 0) is 9.84 Å². The third kappa shape index (κ3) is 3.12. The highest BCUT2D eigenvalue weighted by Crippen LogP contribution is 2.30. The molecule has 106 valence electrons. The van der Waals surface area contributed by atoms with Gasteiger partial charge in [-0.15, -0.1) is 0 Å². The Kier molecular flexibility index (Phi) is 4.14. The molecule has 0 aliphatic carbocycles. The van der Waals surface area contributed by atoms with Gasteiger partial charge in [0.05, 0.1) is 4.92 Å². The second-order valence-corrected chi connectivity index (χ2v) is 5.33. The number of hydrogen-bond acceptors (Lipinski definition) is 5. The molecule has 1 aromatic rings. The lowest BCUT2D eigenvalue weighted by atomic mass is 10.2. The van der Waals surface area contributed by atoms with Crippen LogP contribution in [0.3, 0.4) is 0 Å². The average Bonchev–Trinajstić information content (AvgIpc) is 2.34. The van der Waals surface area contributed by atoms with E-state index in [2.05, 4.69) is 0 Å². The van der Waals surface area contributed by atoms with Gasteiger partial charge in [0.1, 0.15) is 6.07 Å². The van der Waals surface area contributed by atoms with Crippen molar-refractivity contribution in [2.24, 2.45) is 0 Å². The molecule has 0 amide bonds. The molecule has 6 nitrogen and oxygen atoms in total. The van der Waals surface area contributed by atoms with Gasteiger partial charge in [0, 0.05) is 12.1 Å². The van der Waals surface area contributed by atoms with E-state index in [9.17, 15) is 31.7 Å². The van der Waals surface area contributed by atoms with E-state index < -0.39 is 25.2 Å². The van der Waals surface area contributed by atoms with Crippen molar-refractivity contribution in [1.29, 1.82) is 5.26 Å². The SMILES string of the molecule is N#C/C(=C\c1ccc([N+](=O)[O-])cc1)S(=O)(=O)C(F)(F)F. The van der Waals surface area contributed by atoms with Crippen LogP contribution in [-0.4, -0.2) is 18.8 Å². The number of non-ortho nitro benzene ring substituents is 1. The predicted octanol–water partition coefficient (Wildman–Crippen LogP) is 2.39. The molecular weight excluding hydrogens is 301 g/mol. The summed E-state index contributed by atoms with van der Waals surface area (Å²) in [6.07, 6.45) is 0.493. The molecule has 0 saturated carbocycles. The molecule has 20 heavy (non-hydrogen) atoms. The van der Waals surface area contributed by atoms with Crippen LogP contribution in [0.2, 0.25) is 0 Å². The third-order valence-electron chi connectivity index (χ3n) is 2.11. The van der Waals surface area contributed by atoms with Gasteiger partial charge in [-0.1, -0.05) is 0 Å². The first kappa shape index (κ1) is 15.6. The zero-order valence-corrected chi connectivity index (χ0v) is 10.3. The van der Waals surface area contributed by atoms with Crippen molar-refractivity contribution in [2.75, 3.05) is 0 Å². The number of hydrogen-bond donors (Lipinski definition) is 0. The van der Waals surface area contributed by atoms with Crippen molar-refractivity contribution >= 4 is 21.6 Å². The smallest absolute Gasteiger partial charge is 0.258 e. The molecule has 0 atom stereocenters. The summed E-state index contributed by atoms with van der Waals surface area (Å²) in [5, 5.41) is 18.9. The van der Waals surface area contributed by atoms with E-state index >= 15 is 0 Å². The van der Waals surface area contributed by atoms with Crippen LogP contribution in [0.5, 0.6) is 0 Å².